The van der Waals surface area contributed by atoms with Crippen molar-refractivity contribution in [3.8, 4) is 11.8 Å². The molecule has 0 saturated heterocycles. The summed E-state index contributed by atoms with van der Waals surface area (Å²) in [6.07, 6.45) is 3.07. The molecular weight excluding hydrogens is 302 g/mol. The molecule has 0 aliphatic heterocycles. The number of hydrogen-bond donors (Lipinski definition) is 0. The Balaban J connectivity index is 2.05. The molecule has 0 spiro atoms. The zero-order valence-electron chi connectivity index (χ0n) is 14.0. The van der Waals surface area contributed by atoms with E-state index in [2.05, 4.69) is 11.1 Å². The first-order chi connectivity index (χ1) is 11.6. The molecule has 1 heterocycles. The van der Waals surface area contributed by atoms with Crippen LogP contribution < -0.4 is 4.74 Å². The molecule has 0 bridgehead atoms. The highest BCUT2D eigenvalue weighted by molar-refractivity contribution is 5.81. The van der Waals surface area contributed by atoms with Crippen LogP contribution in [0, 0.1) is 18.3 Å². The molecule has 0 aliphatic rings. The first kappa shape index (κ1) is 17.5. The van der Waals surface area contributed by atoms with Gasteiger partial charge in [0.15, 0.2) is 6.10 Å². The molecular formula is C19H21N3O2. The van der Waals surface area contributed by atoms with Crippen LogP contribution in [0.1, 0.15) is 24.5 Å². The van der Waals surface area contributed by atoms with Gasteiger partial charge in [-0.2, -0.15) is 5.26 Å². The fraction of sp³-hybridized carbons (Fsp3) is 0.316. The second-order valence-electron chi connectivity index (χ2n) is 5.60. The van der Waals surface area contributed by atoms with Gasteiger partial charge in [-0.05, 0) is 37.6 Å². The van der Waals surface area contributed by atoms with Crippen LogP contribution in [0.15, 0.2) is 48.8 Å². The van der Waals surface area contributed by atoms with Gasteiger partial charge in [0.2, 0.25) is 0 Å². The third-order valence-corrected chi connectivity index (χ3v) is 3.58. The number of nitriles is 1. The van der Waals surface area contributed by atoms with Gasteiger partial charge in [0.1, 0.15) is 5.75 Å². The molecule has 1 amide bonds. The predicted molar refractivity (Wildman–Crippen MR) is 91.2 cm³/mol. The number of carbonyl (C=O) groups excluding carboxylic acids is 1. The molecule has 0 aliphatic carbocycles. The van der Waals surface area contributed by atoms with Gasteiger partial charge >= 0.3 is 0 Å². The van der Waals surface area contributed by atoms with Gasteiger partial charge in [-0.1, -0.05) is 23.8 Å². The number of amides is 1. The molecule has 5 heteroatoms. The molecule has 2 aromatic rings. The molecule has 0 N–H and O–H groups in total. The van der Waals surface area contributed by atoms with E-state index >= 15 is 0 Å². The Hall–Kier alpha value is -2.87. The molecule has 2 rings (SSSR count). The zero-order valence-corrected chi connectivity index (χ0v) is 14.0. The van der Waals surface area contributed by atoms with E-state index in [4.69, 9.17) is 10.00 Å². The van der Waals surface area contributed by atoms with Crippen molar-refractivity contribution < 1.29 is 9.53 Å². The number of ether oxygens (including phenoxy) is 1. The van der Waals surface area contributed by atoms with Gasteiger partial charge in [0.25, 0.3) is 5.91 Å². The number of hydrogen-bond acceptors (Lipinski definition) is 4. The molecule has 124 valence electrons. The minimum Gasteiger partial charge on any atom is -0.481 e. The van der Waals surface area contributed by atoms with E-state index < -0.39 is 6.10 Å². The summed E-state index contributed by atoms with van der Waals surface area (Å²) in [5.41, 5.74) is 2.06. The molecule has 1 unspecified atom stereocenters. The average molecular weight is 323 g/mol. The number of rotatable bonds is 7. The lowest BCUT2D eigenvalue weighted by atomic mass is 10.2. The minimum atomic E-state index is -0.622. The zero-order chi connectivity index (χ0) is 17.4. The fourth-order valence-corrected chi connectivity index (χ4v) is 2.29. The lowest BCUT2D eigenvalue weighted by Gasteiger charge is -2.25. The third-order valence-electron chi connectivity index (χ3n) is 3.58. The van der Waals surface area contributed by atoms with Gasteiger partial charge in [0, 0.05) is 25.5 Å². The molecule has 1 aromatic carbocycles. The average Bonchev–Trinajstić information content (AvgIpc) is 2.60. The Kier molecular flexibility index (Phi) is 6.32. The van der Waals surface area contributed by atoms with E-state index in [1.165, 1.54) is 0 Å². The van der Waals surface area contributed by atoms with E-state index in [1.54, 1.807) is 24.2 Å². The number of aryl methyl sites for hydroxylation is 1. The molecule has 0 radical (unpaired) electrons. The Morgan fingerprint density at radius 3 is 2.71 bits per heavy atom. The number of aromatic nitrogens is 1. The van der Waals surface area contributed by atoms with Crippen molar-refractivity contribution in [2.24, 2.45) is 0 Å². The maximum Gasteiger partial charge on any atom is 0.263 e. The maximum absolute atomic E-state index is 12.7. The number of carbonyl (C=O) groups is 1. The molecule has 0 saturated carbocycles. The van der Waals surface area contributed by atoms with Crippen molar-refractivity contribution in [2.45, 2.75) is 32.9 Å². The summed E-state index contributed by atoms with van der Waals surface area (Å²) in [5.74, 6) is 0.512. The Morgan fingerprint density at radius 2 is 2.08 bits per heavy atom. The van der Waals surface area contributed by atoms with Crippen LogP contribution in [-0.2, 0) is 11.3 Å². The van der Waals surface area contributed by atoms with Gasteiger partial charge in [-0.25, -0.2) is 0 Å². The Bertz CT molecular complexity index is 693. The highest BCUT2D eigenvalue weighted by Crippen LogP contribution is 2.15. The Morgan fingerprint density at radius 1 is 1.33 bits per heavy atom. The van der Waals surface area contributed by atoms with Crippen molar-refractivity contribution in [2.75, 3.05) is 6.54 Å². The van der Waals surface area contributed by atoms with Crippen LogP contribution in [0.25, 0.3) is 0 Å². The summed E-state index contributed by atoms with van der Waals surface area (Å²) < 4.78 is 5.74. The van der Waals surface area contributed by atoms with Crippen molar-refractivity contribution in [1.82, 2.24) is 9.88 Å². The van der Waals surface area contributed by atoms with Crippen LogP contribution in [0.2, 0.25) is 0 Å². The molecule has 0 fully saturated rings. The maximum atomic E-state index is 12.7. The smallest absolute Gasteiger partial charge is 0.263 e. The Labute approximate surface area is 142 Å². The van der Waals surface area contributed by atoms with Crippen LogP contribution >= 0.6 is 0 Å². The lowest BCUT2D eigenvalue weighted by molar-refractivity contribution is -0.138. The first-order valence-electron chi connectivity index (χ1n) is 7.88. The van der Waals surface area contributed by atoms with E-state index in [0.717, 1.165) is 11.1 Å². The first-order valence-corrected chi connectivity index (χ1v) is 7.88. The largest absolute Gasteiger partial charge is 0.481 e. The standard InChI is InChI=1S/C19H21N3O2/c1-15-6-8-18(9-7-15)24-16(2)19(23)22(12-4-10-20)14-17-5-3-11-21-13-17/h3,5-9,11,13,16H,4,12,14H2,1-2H3. The van der Waals surface area contributed by atoms with Crippen LogP contribution in [0.4, 0.5) is 0 Å². The summed E-state index contributed by atoms with van der Waals surface area (Å²) in [5, 5.41) is 8.83. The van der Waals surface area contributed by atoms with E-state index in [-0.39, 0.29) is 12.3 Å². The second kappa shape index (κ2) is 8.68. The van der Waals surface area contributed by atoms with Gasteiger partial charge in [-0.3, -0.25) is 9.78 Å². The van der Waals surface area contributed by atoms with E-state index in [9.17, 15) is 4.79 Å². The normalized spacial score (nSPS) is 11.4. The summed E-state index contributed by atoms with van der Waals surface area (Å²) in [7, 11) is 0. The molecule has 5 nitrogen and oxygen atoms in total. The topological polar surface area (TPSA) is 66.2 Å². The lowest BCUT2D eigenvalue weighted by Crippen LogP contribution is -2.40. The van der Waals surface area contributed by atoms with Crippen LogP contribution in [-0.4, -0.2) is 28.4 Å². The van der Waals surface area contributed by atoms with E-state index in [1.807, 2.05) is 43.3 Å². The summed E-state index contributed by atoms with van der Waals surface area (Å²) in [4.78, 5) is 18.4. The highest BCUT2D eigenvalue weighted by Gasteiger charge is 2.22. The van der Waals surface area contributed by atoms with Gasteiger partial charge < -0.3 is 9.64 Å². The van der Waals surface area contributed by atoms with Crippen LogP contribution in [0.3, 0.4) is 0 Å². The van der Waals surface area contributed by atoms with Crippen molar-refractivity contribution in [1.29, 1.82) is 5.26 Å². The summed E-state index contributed by atoms with van der Waals surface area (Å²) >= 11 is 0. The third kappa shape index (κ3) is 5.10. The predicted octanol–water partition coefficient (Wildman–Crippen LogP) is 3.10. The summed E-state index contributed by atoms with van der Waals surface area (Å²) in [6.45, 7) is 4.50. The SMILES string of the molecule is Cc1ccc(OC(C)C(=O)N(CCC#N)Cc2cccnc2)cc1. The molecule has 1 aromatic heterocycles. The number of nitrogens with zero attached hydrogens (tertiary/aromatic N) is 3. The second-order valence-corrected chi connectivity index (χ2v) is 5.60. The number of benzene rings is 1. The molecule has 1 atom stereocenters. The van der Waals surface area contributed by atoms with Crippen molar-refractivity contribution >= 4 is 5.91 Å². The quantitative estimate of drug-likeness (QED) is 0.785. The van der Waals surface area contributed by atoms with Gasteiger partial charge in [0.05, 0.1) is 12.5 Å². The fourth-order valence-electron chi connectivity index (χ4n) is 2.29. The monoisotopic (exact) mass is 323 g/mol. The number of pyridine rings is 1. The van der Waals surface area contributed by atoms with Crippen LogP contribution in [0.5, 0.6) is 5.75 Å². The van der Waals surface area contributed by atoms with E-state index in [0.29, 0.717) is 18.8 Å². The van der Waals surface area contributed by atoms with Crippen molar-refractivity contribution in [3.05, 3.63) is 59.9 Å². The summed E-state index contributed by atoms with van der Waals surface area (Å²) in [6, 6.07) is 13.4. The minimum absolute atomic E-state index is 0.144. The van der Waals surface area contributed by atoms with Gasteiger partial charge in [-0.15, -0.1) is 0 Å². The van der Waals surface area contributed by atoms with Crippen molar-refractivity contribution in [3.63, 3.8) is 0 Å². The highest BCUT2D eigenvalue weighted by atomic mass is 16.5. The molecule has 24 heavy (non-hydrogen) atoms.